The molecule has 9 heteroatoms. The molecule has 1 aliphatic carbocycles. The predicted octanol–water partition coefficient (Wildman–Crippen LogP) is 3.84. The smallest absolute Gasteiger partial charge is 0.293 e. The second-order valence-electron chi connectivity index (χ2n) is 9.26. The summed E-state index contributed by atoms with van der Waals surface area (Å²) in [7, 11) is -1.52. The van der Waals surface area contributed by atoms with Crippen molar-refractivity contribution in [2.24, 2.45) is 7.05 Å². The van der Waals surface area contributed by atoms with Gasteiger partial charge in [-0.1, -0.05) is 18.2 Å². The van der Waals surface area contributed by atoms with Crippen LogP contribution in [0, 0.1) is 11.3 Å². The van der Waals surface area contributed by atoms with Crippen LogP contribution in [0.3, 0.4) is 0 Å². The Balaban J connectivity index is 1.56. The van der Waals surface area contributed by atoms with Crippen LogP contribution >= 0.6 is 0 Å². The fourth-order valence-electron chi connectivity index (χ4n) is 4.95. The van der Waals surface area contributed by atoms with Crippen LogP contribution in [0.15, 0.2) is 71.8 Å². The lowest BCUT2D eigenvalue weighted by molar-refractivity contribution is 0.586. The maximum Gasteiger partial charge on any atom is 0.333 e. The molecule has 178 valence electrons. The van der Waals surface area contributed by atoms with Crippen molar-refractivity contribution in [2.75, 3.05) is 6.26 Å². The number of imidazole rings is 1. The molecule has 0 bridgehead atoms. The van der Waals surface area contributed by atoms with Gasteiger partial charge in [0.05, 0.1) is 33.2 Å². The zero-order valence-corrected chi connectivity index (χ0v) is 20.5. The van der Waals surface area contributed by atoms with Gasteiger partial charge >= 0.3 is 5.69 Å². The predicted molar refractivity (Wildman–Crippen MR) is 138 cm³/mol. The average molecular weight is 496 g/mol. The third-order valence-corrected chi connectivity index (χ3v) is 9.22. The van der Waals surface area contributed by atoms with Gasteiger partial charge in [0.15, 0.2) is 9.84 Å². The highest BCUT2D eigenvalue weighted by Gasteiger charge is 2.53. The first-order valence-corrected chi connectivity index (χ1v) is 13.3. The quantitative estimate of drug-likeness (QED) is 0.375. The van der Waals surface area contributed by atoms with E-state index in [1.165, 1.54) is 6.26 Å². The van der Waals surface area contributed by atoms with Crippen LogP contribution in [0.4, 0.5) is 0 Å². The second-order valence-corrected chi connectivity index (χ2v) is 11.6. The van der Waals surface area contributed by atoms with E-state index in [1.807, 2.05) is 54.6 Å². The molecule has 0 radical (unpaired) electrons. The van der Waals surface area contributed by atoms with Crippen molar-refractivity contribution in [3.05, 3.63) is 88.7 Å². The summed E-state index contributed by atoms with van der Waals surface area (Å²) in [6.45, 7) is 0. The molecule has 0 N–H and O–H groups in total. The van der Waals surface area contributed by atoms with Crippen LogP contribution in [0.5, 0.6) is 0 Å². The number of nitrogens with zero attached hydrogens (tertiary/aromatic N) is 5. The summed E-state index contributed by atoms with van der Waals surface area (Å²) in [5.41, 5.74) is 5.39. The summed E-state index contributed by atoms with van der Waals surface area (Å²) in [6, 6.07) is 18.6. The molecule has 3 aromatic heterocycles. The summed E-state index contributed by atoms with van der Waals surface area (Å²) < 4.78 is 27.1. The summed E-state index contributed by atoms with van der Waals surface area (Å²) in [4.78, 5) is 22.1. The summed E-state index contributed by atoms with van der Waals surface area (Å²) in [6.07, 6.45) is 5.85. The topological polar surface area (TPSA) is 111 Å². The maximum absolute atomic E-state index is 13.4. The van der Waals surface area contributed by atoms with Crippen molar-refractivity contribution in [2.45, 2.75) is 17.6 Å². The molecule has 1 fully saturated rings. The van der Waals surface area contributed by atoms with Crippen LogP contribution < -0.4 is 5.69 Å². The minimum absolute atomic E-state index is 0.221. The molecule has 0 aliphatic heterocycles. The normalized spacial score (nSPS) is 14.7. The summed E-state index contributed by atoms with van der Waals surface area (Å²) in [5, 5.41) is 9.84. The van der Waals surface area contributed by atoms with Gasteiger partial charge in [-0.2, -0.15) is 5.26 Å². The van der Waals surface area contributed by atoms with E-state index in [4.69, 9.17) is 5.26 Å². The van der Waals surface area contributed by atoms with Gasteiger partial charge < -0.3 is 0 Å². The van der Waals surface area contributed by atoms with Crippen molar-refractivity contribution in [3.8, 4) is 22.9 Å². The van der Waals surface area contributed by atoms with E-state index in [1.54, 1.807) is 34.6 Å². The number of fused-ring (bicyclic) bond motifs is 3. The number of sulfone groups is 1. The number of benzene rings is 2. The SMILES string of the molecule is Cn1c(=O)n(-c2ccc(C3(S(C)(=O)=O)CC3)cc2)c2c3cc(-c4ccc(C#N)nc4)ccc3ncc21. The number of nitriles is 1. The first kappa shape index (κ1) is 22.2. The number of rotatable bonds is 4. The molecule has 36 heavy (non-hydrogen) atoms. The number of aromatic nitrogens is 4. The Bertz CT molecular complexity index is 1890. The van der Waals surface area contributed by atoms with E-state index in [-0.39, 0.29) is 5.69 Å². The number of pyridine rings is 2. The van der Waals surface area contributed by atoms with E-state index in [2.05, 4.69) is 9.97 Å². The molecular formula is C27H21N5O3S. The zero-order chi connectivity index (χ0) is 25.2. The second kappa shape index (κ2) is 7.60. The van der Waals surface area contributed by atoms with Crippen LogP contribution in [0.1, 0.15) is 24.1 Å². The molecule has 0 unspecified atom stereocenters. The highest BCUT2D eigenvalue weighted by atomic mass is 32.2. The molecule has 1 aliphatic rings. The van der Waals surface area contributed by atoms with Crippen LogP contribution in [-0.4, -0.2) is 33.8 Å². The third kappa shape index (κ3) is 3.18. The van der Waals surface area contributed by atoms with Gasteiger partial charge in [-0.15, -0.1) is 0 Å². The van der Waals surface area contributed by atoms with Crippen LogP contribution in [-0.2, 0) is 21.6 Å². The zero-order valence-electron chi connectivity index (χ0n) is 19.6. The fourth-order valence-corrected chi connectivity index (χ4v) is 6.36. The van der Waals surface area contributed by atoms with E-state index < -0.39 is 14.6 Å². The standard InChI is InChI=1S/C27H21N5O3S/c1-31-24-16-30-23-10-4-17(18-3-7-20(14-28)29-15-18)13-22(23)25(24)32(26(31)33)21-8-5-19(6-9-21)27(11-12-27)36(2,34)35/h3-10,13,15-16H,11-12H2,1-2H3. The van der Waals surface area contributed by atoms with E-state index in [0.29, 0.717) is 35.3 Å². The number of hydrogen-bond acceptors (Lipinski definition) is 6. The van der Waals surface area contributed by atoms with Crippen molar-refractivity contribution in [1.82, 2.24) is 19.1 Å². The Morgan fingerprint density at radius 3 is 2.31 bits per heavy atom. The molecule has 6 rings (SSSR count). The minimum Gasteiger partial charge on any atom is -0.293 e. The van der Waals surface area contributed by atoms with Gasteiger partial charge in [-0.3, -0.25) is 14.1 Å². The Morgan fingerprint density at radius 2 is 1.69 bits per heavy atom. The molecule has 3 heterocycles. The van der Waals surface area contributed by atoms with Gasteiger partial charge in [-0.05, 0) is 60.4 Å². The van der Waals surface area contributed by atoms with Gasteiger partial charge in [0.25, 0.3) is 0 Å². The molecule has 0 saturated heterocycles. The minimum atomic E-state index is -3.23. The summed E-state index contributed by atoms with van der Waals surface area (Å²) in [5.74, 6) is 0. The molecule has 5 aromatic rings. The Hall–Kier alpha value is -4.29. The Kier molecular flexibility index (Phi) is 4.69. The molecule has 0 atom stereocenters. The first-order chi connectivity index (χ1) is 17.2. The fraction of sp³-hybridized carbons (Fsp3) is 0.185. The molecule has 0 amide bonds. The Morgan fingerprint density at radius 1 is 0.972 bits per heavy atom. The molecule has 2 aromatic carbocycles. The van der Waals surface area contributed by atoms with Crippen molar-refractivity contribution in [1.29, 1.82) is 5.26 Å². The van der Waals surface area contributed by atoms with Gasteiger partial charge in [0, 0.05) is 30.4 Å². The molecule has 0 spiro atoms. The largest absolute Gasteiger partial charge is 0.333 e. The number of aryl methyl sites for hydroxylation is 1. The van der Waals surface area contributed by atoms with Crippen molar-refractivity contribution in [3.63, 3.8) is 0 Å². The Labute approximate surface area is 207 Å². The highest BCUT2D eigenvalue weighted by molar-refractivity contribution is 7.92. The monoisotopic (exact) mass is 495 g/mol. The van der Waals surface area contributed by atoms with E-state index >= 15 is 0 Å². The molecule has 1 saturated carbocycles. The van der Waals surface area contributed by atoms with E-state index in [9.17, 15) is 13.2 Å². The number of hydrogen-bond donors (Lipinski definition) is 0. The van der Waals surface area contributed by atoms with Crippen LogP contribution in [0.25, 0.3) is 38.8 Å². The van der Waals surface area contributed by atoms with Gasteiger partial charge in [-0.25, -0.2) is 18.2 Å². The van der Waals surface area contributed by atoms with Gasteiger partial charge in [0.2, 0.25) is 0 Å². The van der Waals surface area contributed by atoms with Gasteiger partial charge in [0.1, 0.15) is 11.8 Å². The van der Waals surface area contributed by atoms with Crippen molar-refractivity contribution < 1.29 is 8.42 Å². The molecular weight excluding hydrogens is 474 g/mol. The van der Waals surface area contributed by atoms with Crippen LogP contribution in [0.2, 0.25) is 0 Å². The highest BCUT2D eigenvalue weighted by Crippen LogP contribution is 2.52. The van der Waals surface area contributed by atoms with Crippen molar-refractivity contribution >= 4 is 31.8 Å². The molecule has 8 nitrogen and oxygen atoms in total. The lowest BCUT2D eigenvalue weighted by atomic mass is 10.0. The third-order valence-electron chi connectivity index (χ3n) is 7.16. The average Bonchev–Trinajstić information content (AvgIpc) is 3.67. The summed E-state index contributed by atoms with van der Waals surface area (Å²) >= 11 is 0. The first-order valence-electron chi connectivity index (χ1n) is 11.4. The van der Waals surface area contributed by atoms with E-state index in [0.717, 1.165) is 27.6 Å². The lowest BCUT2D eigenvalue weighted by Crippen LogP contribution is -2.21. The lowest BCUT2D eigenvalue weighted by Gasteiger charge is -2.14. The maximum atomic E-state index is 13.4.